The molecule has 8 heavy (non-hydrogen) atoms. The summed E-state index contributed by atoms with van der Waals surface area (Å²) in [5.74, 6) is -0.895. The minimum Gasteiger partial charge on any atom is -0.481 e. The summed E-state index contributed by atoms with van der Waals surface area (Å²) in [7, 11) is 0. The van der Waals surface area contributed by atoms with Crippen LogP contribution >= 0.6 is 11.6 Å². The first-order valence-electron chi connectivity index (χ1n) is 2.19. The predicted octanol–water partition coefficient (Wildman–Crippen LogP) is 1.60. The highest BCUT2D eigenvalue weighted by atomic mass is 35.5. The topological polar surface area (TPSA) is 37.3 Å². The zero-order chi connectivity index (χ0) is 6.57. The van der Waals surface area contributed by atoms with Crippen LogP contribution in [0.5, 0.6) is 0 Å². The molecule has 0 aliphatic carbocycles. The van der Waals surface area contributed by atoms with Crippen LogP contribution in [0.25, 0.3) is 0 Å². The van der Waals surface area contributed by atoms with Crippen molar-refractivity contribution in [3.05, 3.63) is 11.1 Å². The molecule has 0 aromatic heterocycles. The van der Waals surface area contributed by atoms with E-state index in [0.717, 1.165) is 0 Å². The number of carbonyl (C=O) groups is 1. The fourth-order valence-corrected chi connectivity index (χ4v) is 0.361. The zero-order valence-electron chi connectivity index (χ0n) is 4.52. The molecule has 0 heterocycles. The van der Waals surface area contributed by atoms with E-state index in [1.165, 1.54) is 0 Å². The van der Waals surface area contributed by atoms with Gasteiger partial charge in [-0.25, -0.2) is 0 Å². The van der Waals surface area contributed by atoms with E-state index in [4.69, 9.17) is 16.7 Å². The van der Waals surface area contributed by atoms with Crippen LogP contribution in [0.3, 0.4) is 0 Å². The average molecular weight is 135 g/mol. The fourth-order valence-electron chi connectivity index (χ4n) is 0.247. The summed E-state index contributed by atoms with van der Waals surface area (Å²) >= 11 is 5.34. The number of hydrogen-bond acceptors (Lipinski definition) is 1. The van der Waals surface area contributed by atoms with Gasteiger partial charge in [0.05, 0.1) is 6.42 Å². The lowest BCUT2D eigenvalue weighted by atomic mass is 10.4. The van der Waals surface area contributed by atoms with Crippen LogP contribution in [-0.2, 0) is 4.79 Å². The lowest BCUT2D eigenvalue weighted by Gasteiger charge is -1.87. The first kappa shape index (κ1) is 7.50. The summed E-state index contributed by atoms with van der Waals surface area (Å²) in [6.45, 7) is 1.70. The average Bonchev–Trinajstić information content (AvgIpc) is 1.65. The number of aliphatic carboxylic acids is 1. The maximum atomic E-state index is 9.84. The van der Waals surface area contributed by atoms with Gasteiger partial charge in [-0.1, -0.05) is 17.7 Å². The van der Waals surface area contributed by atoms with Crippen LogP contribution in [0.4, 0.5) is 0 Å². The molecule has 0 fully saturated rings. The summed E-state index contributed by atoms with van der Waals surface area (Å²) in [5.41, 5.74) is 0. The third-order valence-electron chi connectivity index (χ3n) is 0.633. The van der Waals surface area contributed by atoms with Gasteiger partial charge in [-0.15, -0.1) is 0 Å². The molecule has 0 saturated heterocycles. The second kappa shape index (κ2) is 3.50. The predicted molar refractivity (Wildman–Crippen MR) is 31.9 cm³/mol. The minimum atomic E-state index is -0.895. The quantitative estimate of drug-likeness (QED) is 0.623. The monoisotopic (exact) mass is 134 g/mol. The number of carboxylic acid groups (broad SMARTS) is 1. The molecular weight excluding hydrogens is 128 g/mol. The van der Waals surface area contributed by atoms with Crippen LogP contribution in [0.2, 0.25) is 0 Å². The molecule has 0 rings (SSSR count). The van der Waals surface area contributed by atoms with E-state index in [0.29, 0.717) is 5.03 Å². The van der Waals surface area contributed by atoms with E-state index in [1.807, 2.05) is 0 Å². The SMILES string of the molecule is C/C=C(\Cl)CC(=O)O. The number of rotatable bonds is 2. The normalized spacial score (nSPS) is 11.5. The minimum absolute atomic E-state index is 0.0714. The first-order valence-corrected chi connectivity index (χ1v) is 2.57. The van der Waals surface area contributed by atoms with E-state index in [-0.39, 0.29) is 6.42 Å². The second-order valence-corrected chi connectivity index (χ2v) is 1.79. The van der Waals surface area contributed by atoms with E-state index in [9.17, 15) is 4.79 Å². The molecule has 0 radical (unpaired) electrons. The number of carboxylic acids is 1. The first-order chi connectivity index (χ1) is 3.66. The Hall–Kier alpha value is -0.500. The molecule has 2 nitrogen and oxygen atoms in total. The molecule has 0 saturated carbocycles. The Morgan fingerprint density at radius 2 is 2.38 bits per heavy atom. The lowest BCUT2D eigenvalue weighted by molar-refractivity contribution is -0.136. The molecule has 0 aliphatic rings. The molecule has 46 valence electrons. The van der Waals surface area contributed by atoms with Crippen molar-refractivity contribution in [2.75, 3.05) is 0 Å². The van der Waals surface area contributed by atoms with Gasteiger partial charge in [0, 0.05) is 5.03 Å². The molecule has 1 N–H and O–H groups in total. The van der Waals surface area contributed by atoms with Crippen molar-refractivity contribution >= 4 is 17.6 Å². The molecule has 0 aromatic carbocycles. The summed E-state index contributed by atoms with van der Waals surface area (Å²) in [5, 5.41) is 8.46. The van der Waals surface area contributed by atoms with Crippen LogP contribution < -0.4 is 0 Å². The van der Waals surface area contributed by atoms with Gasteiger partial charge in [0.15, 0.2) is 0 Å². The number of hydrogen-bond donors (Lipinski definition) is 1. The Labute approximate surface area is 52.8 Å². The molecule has 0 unspecified atom stereocenters. The van der Waals surface area contributed by atoms with Crippen LogP contribution in [0.15, 0.2) is 11.1 Å². The smallest absolute Gasteiger partial charge is 0.308 e. The molecule has 0 atom stereocenters. The van der Waals surface area contributed by atoms with Gasteiger partial charge in [0.1, 0.15) is 0 Å². The number of allylic oxidation sites excluding steroid dienone is 1. The molecule has 0 aromatic rings. The Bertz CT molecular complexity index is 118. The van der Waals surface area contributed by atoms with Crippen LogP contribution in [0, 0.1) is 0 Å². The third-order valence-corrected chi connectivity index (χ3v) is 0.985. The standard InChI is InChI=1S/C5H7ClO2/c1-2-4(6)3-5(7)8/h2H,3H2,1H3,(H,7,8)/b4-2-. The van der Waals surface area contributed by atoms with Crippen LogP contribution in [0.1, 0.15) is 13.3 Å². The maximum absolute atomic E-state index is 9.84. The van der Waals surface area contributed by atoms with E-state index < -0.39 is 5.97 Å². The van der Waals surface area contributed by atoms with Gasteiger partial charge in [-0.2, -0.15) is 0 Å². The molecule has 3 heteroatoms. The molecule has 0 spiro atoms. The van der Waals surface area contributed by atoms with Crippen molar-refractivity contribution in [2.24, 2.45) is 0 Å². The van der Waals surface area contributed by atoms with Gasteiger partial charge < -0.3 is 5.11 Å². The van der Waals surface area contributed by atoms with Crippen molar-refractivity contribution in [2.45, 2.75) is 13.3 Å². The van der Waals surface area contributed by atoms with Crippen molar-refractivity contribution in [3.8, 4) is 0 Å². The Balaban J connectivity index is 3.56. The highest BCUT2D eigenvalue weighted by molar-refractivity contribution is 6.30. The second-order valence-electron chi connectivity index (χ2n) is 1.31. The Morgan fingerprint density at radius 3 is 2.50 bits per heavy atom. The zero-order valence-corrected chi connectivity index (χ0v) is 5.27. The van der Waals surface area contributed by atoms with E-state index >= 15 is 0 Å². The van der Waals surface area contributed by atoms with Gasteiger partial charge in [0.25, 0.3) is 0 Å². The molecule has 0 amide bonds. The van der Waals surface area contributed by atoms with E-state index in [1.54, 1.807) is 13.0 Å². The fraction of sp³-hybridized carbons (Fsp3) is 0.400. The summed E-state index contributed by atoms with van der Waals surface area (Å²) in [4.78, 5) is 9.84. The van der Waals surface area contributed by atoms with Crippen LogP contribution in [-0.4, -0.2) is 11.1 Å². The highest BCUT2D eigenvalue weighted by Crippen LogP contribution is 2.04. The maximum Gasteiger partial charge on any atom is 0.308 e. The summed E-state index contributed by atoms with van der Waals surface area (Å²) in [6, 6.07) is 0. The largest absolute Gasteiger partial charge is 0.481 e. The lowest BCUT2D eigenvalue weighted by Crippen LogP contribution is -1.92. The van der Waals surface area contributed by atoms with Crippen molar-refractivity contribution < 1.29 is 9.90 Å². The van der Waals surface area contributed by atoms with Crippen molar-refractivity contribution in [1.82, 2.24) is 0 Å². The molecule has 0 aliphatic heterocycles. The molecule has 0 bridgehead atoms. The summed E-state index contributed by atoms with van der Waals surface area (Å²) in [6.07, 6.45) is 1.49. The highest BCUT2D eigenvalue weighted by Gasteiger charge is 1.96. The Morgan fingerprint density at radius 1 is 1.88 bits per heavy atom. The van der Waals surface area contributed by atoms with Gasteiger partial charge in [0.2, 0.25) is 0 Å². The van der Waals surface area contributed by atoms with Gasteiger partial charge in [-0.05, 0) is 6.92 Å². The number of halogens is 1. The van der Waals surface area contributed by atoms with Crippen molar-refractivity contribution in [1.29, 1.82) is 0 Å². The summed E-state index contributed by atoms with van der Waals surface area (Å²) < 4.78 is 0. The van der Waals surface area contributed by atoms with Crippen molar-refractivity contribution in [3.63, 3.8) is 0 Å². The molecular formula is C5H7ClO2. The van der Waals surface area contributed by atoms with E-state index in [2.05, 4.69) is 0 Å². The third kappa shape index (κ3) is 3.68. The van der Waals surface area contributed by atoms with Gasteiger partial charge >= 0.3 is 5.97 Å². The van der Waals surface area contributed by atoms with Gasteiger partial charge in [-0.3, -0.25) is 4.79 Å². The Kier molecular flexibility index (Phi) is 3.28.